The van der Waals surface area contributed by atoms with E-state index in [1.165, 1.54) is 49.7 Å². The van der Waals surface area contributed by atoms with Crippen LogP contribution in [0.25, 0.3) is 0 Å². The van der Waals surface area contributed by atoms with Gasteiger partial charge in [-0.25, -0.2) is 0 Å². The van der Waals surface area contributed by atoms with Gasteiger partial charge in [-0.3, -0.25) is 9.89 Å². The molecule has 84 valence electrons. The Labute approximate surface area is 95.7 Å². The second-order valence-electron chi connectivity index (χ2n) is 4.67. The van der Waals surface area contributed by atoms with Crippen LogP contribution in [0.5, 0.6) is 0 Å². The number of nitrogens with one attached hydrogen (secondary N) is 1. The highest BCUT2D eigenvalue weighted by atomic mass is 32.2. The fourth-order valence-electron chi connectivity index (χ4n) is 3.00. The van der Waals surface area contributed by atoms with Crippen molar-refractivity contribution < 1.29 is 0 Å². The number of rotatable bonds is 1. The second-order valence-corrected chi connectivity index (χ2v) is 5.76. The number of hydrogen-bond donors (Lipinski definition) is 1. The zero-order valence-corrected chi connectivity index (χ0v) is 9.93. The number of hydrogen-bond acceptors (Lipinski definition) is 4. The summed E-state index contributed by atoms with van der Waals surface area (Å²) in [5.74, 6) is 1.17. The molecule has 0 aliphatic carbocycles. The Bertz CT molecular complexity index is 267. The summed E-state index contributed by atoms with van der Waals surface area (Å²) in [7, 11) is 0. The summed E-state index contributed by atoms with van der Waals surface area (Å²) in [5.41, 5.74) is 0. The summed E-state index contributed by atoms with van der Waals surface area (Å²) in [6.07, 6.45) is 5.51. The van der Waals surface area contributed by atoms with Gasteiger partial charge in [-0.1, -0.05) is 18.2 Å². The first-order valence-corrected chi connectivity index (χ1v) is 7.10. The lowest BCUT2D eigenvalue weighted by Gasteiger charge is -2.32. The smallest absolute Gasteiger partial charge is 0.156 e. The molecule has 2 unspecified atom stereocenters. The van der Waals surface area contributed by atoms with E-state index in [9.17, 15) is 0 Å². The SMILES string of the molecule is C1CCN2CCC(NC3=NCCS3)C2C1. The third-order valence-electron chi connectivity index (χ3n) is 3.75. The van der Waals surface area contributed by atoms with Gasteiger partial charge in [0.1, 0.15) is 0 Å². The van der Waals surface area contributed by atoms with Gasteiger partial charge in [-0.05, 0) is 25.8 Å². The zero-order chi connectivity index (χ0) is 10.1. The minimum atomic E-state index is 0.676. The summed E-state index contributed by atoms with van der Waals surface area (Å²) in [6, 6.07) is 1.47. The van der Waals surface area contributed by atoms with Crippen LogP contribution in [-0.2, 0) is 0 Å². The van der Waals surface area contributed by atoms with Crippen LogP contribution in [0.3, 0.4) is 0 Å². The van der Waals surface area contributed by atoms with Crippen LogP contribution in [0.1, 0.15) is 25.7 Å². The Kier molecular flexibility index (Phi) is 2.88. The number of nitrogens with zero attached hydrogens (tertiary/aromatic N) is 2. The van der Waals surface area contributed by atoms with Gasteiger partial charge >= 0.3 is 0 Å². The summed E-state index contributed by atoms with van der Waals surface area (Å²) >= 11 is 1.89. The first kappa shape index (κ1) is 9.97. The van der Waals surface area contributed by atoms with Crippen molar-refractivity contribution in [3.8, 4) is 0 Å². The molecule has 0 aromatic carbocycles. The minimum absolute atomic E-state index is 0.676. The van der Waals surface area contributed by atoms with Crippen LogP contribution in [-0.4, -0.2) is 47.5 Å². The molecular formula is C11H19N3S. The maximum absolute atomic E-state index is 4.49. The third kappa shape index (κ3) is 2.02. The lowest BCUT2D eigenvalue weighted by atomic mass is 9.99. The Morgan fingerprint density at radius 3 is 3.13 bits per heavy atom. The van der Waals surface area contributed by atoms with E-state index in [1.54, 1.807) is 0 Å². The maximum atomic E-state index is 4.49. The molecule has 2 fully saturated rings. The Balaban J connectivity index is 1.61. The zero-order valence-electron chi connectivity index (χ0n) is 9.11. The van der Waals surface area contributed by atoms with E-state index in [2.05, 4.69) is 15.2 Å². The van der Waals surface area contributed by atoms with Crippen molar-refractivity contribution in [3.05, 3.63) is 0 Å². The van der Waals surface area contributed by atoms with Crippen LogP contribution < -0.4 is 5.32 Å². The van der Waals surface area contributed by atoms with Crippen LogP contribution in [0.2, 0.25) is 0 Å². The largest absolute Gasteiger partial charge is 0.361 e. The van der Waals surface area contributed by atoms with Gasteiger partial charge in [-0.2, -0.15) is 0 Å². The highest BCUT2D eigenvalue weighted by molar-refractivity contribution is 8.14. The molecule has 0 amide bonds. The fourth-order valence-corrected chi connectivity index (χ4v) is 3.79. The number of aliphatic imine (C=N–C) groups is 1. The molecule has 0 aromatic heterocycles. The maximum Gasteiger partial charge on any atom is 0.156 e. The first-order valence-electron chi connectivity index (χ1n) is 6.11. The molecule has 3 rings (SSSR count). The topological polar surface area (TPSA) is 27.6 Å². The van der Waals surface area contributed by atoms with E-state index in [0.717, 1.165) is 12.6 Å². The van der Waals surface area contributed by atoms with Crippen molar-refractivity contribution >= 4 is 16.9 Å². The van der Waals surface area contributed by atoms with Gasteiger partial charge in [-0.15, -0.1) is 0 Å². The lowest BCUT2D eigenvalue weighted by Crippen LogP contribution is -2.46. The van der Waals surface area contributed by atoms with Crippen LogP contribution in [0.4, 0.5) is 0 Å². The average molecular weight is 225 g/mol. The molecule has 1 N–H and O–H groups in total. The molecular weight excluding hydrogens is 206 g/mol. The van der Waals surface area contributed by atoms with E-state index in [4.69, 9.17) is 0 Å². The van der Waals surface area contributed by atoms with E-state index in [0.29, 0.717) is 6.04 Å². The second kappa shape index (κ2) is 4.34. The van der Waals surface area contributed by atoms with E-state index in [1.807, 2.05) is 11.8 Å². The van der Waals surface area contributed by atoms with E-state index in [-0.39, 0.29) is 0 Å². The molecule has 3 aliphatic rings. The average Bonchev–Trinajstić information content (AvgIpc) is 2.89. The van der Waals surface area contributed by atoms with Gasteiger partial charge in [0.2, 0.25) is 0 Å². The Hall–Kier alpha value is -0.220. The predicted molar refractivity (Wildman–Crippen MR) is 65.5 cm³/mol. The van der Waals surface area contributed by atoms with Crippen molar-refractivity contribution in [2.75, 3.05) is 25.4 Å². The van der Waals surface area contributed by atoms with Crippen LogP contribution in [0.15, 0.2) is 4.99 Å². The van der Waals surface area contributed by atoms with Crippen molar-refractivity contribution in [2.45, 2.75) is 37.8 Å². The third-order valence-corrected chi connectivity index (χ3v) is 4.66. The minimum Gasteiger partial charge on any atom is -0.361 e. The van der Waals surface area contributed by atoms with Crippen molar-refractivity contribution in [2.24, 2.45) is 4.99 Å². The van der Waals surface area contributed by atoms with Gasteiger partial charge in [0.05, 0.1) is 6.54 Å². The van der Waals surface area contributed by atoms with Crippen molar-refractivity contribution in [1.82, 2.24) is 10.2 Å². The summed E-state index contributed by atoms with van der Waals surface area (Å²) in [4.78, 5) is 7.15. The van der Waals surface area contributed by atoms with Crippen molar-refractivity contribution in [1.29, 1.82) is 0 Å². The predicted octanol–water partition coefficient (Wildman–Crippen LogP) is 1.31. The van der Waals surface area contributed by atoms with E-state index >= 15 is 0 Å². The molecule has 0 aromatic rings. The first-order chi connectivity index (χ1) is 7.43. The summed E-state index contributed by atoms with van der Waals surface area (Å²) in [5, 5.41) is 4.85. The number of thioether (sulfide) groups is 1. The normalized spacial score (nSPS) is 36.4. The molecule has 0 spiro atoms. The molecule has 3 aliphatic heterocycles. The molecule has 3 heterocycles. The molecule has 3 nitrogen and oxygen atoms in total. The molecule has 4 heteroatoms. The van der Waals surface area contributed by atoms with E-state index < -0.39 is 0 Å². The Morgan fingerprint density at radius 2 is 2.27 bits per heavy atom. The molecule has 15 heavy (non-hydrogen) atoms. The van der Waals surface area contributed by atoms with Crippen LogP contribution in [0, 0.1) is 0 Å². The molecule has 0 radical (unpaired) electrons. The molecule has 0 bridgehead atoms. The number of amidine groups is 1. The van der Waals surface area contributed by atoms with Gasteiger partial charge in [0.25, 0.3) is 0 Å². The Morgan fingerprint density at radius 1 is 1.27 bits per heavy atom. The summed E-state index contributed by atoms with van der Waals surface area (Å²) < 4.78 is 0. The number of piperidine rings is 1. The standard InChI is InChI=1S/C11H19N3S/c1-2-6-14-7-4-9(10(14)3-1)13-11-12-5-8-15-11/h9-10H,1-8H2,(H,12,13). The lowest BCUT2D eigenvalue weighted by molar-refractivity contribution is 0.185. The van der Waals surface area contributed by atoms with Crippen molar-refractivity contribution in [3.63, 3.8) is 0 Å². The fraction of sp³-hybridized carbons (Fsp3) is 0.909. The quantitative estimate of drug-likeness (QED) is 0.729. The van der Waals surface area contributed by atoms with Crippen LogP contribution >= 0.6 is 11.8 Å². The van der Waals surface area contributed by atoms with Gasteiger partial charge in [0.15, 0.2) is 5.17 Å². The number of fused-ring (bicyclic) bond motifs is 1. The molecule has 2 saturated heterocycles. The monoisotopic (exact) mass is 225 g/mol. The summed E-state index contributed by atoms with van der Waals surface area (Å²) in [6.45, 7) is 3.62. The van der Waals surface area contributed by atoms with Gasteiger partial charge in [0, 0.05) is 24.4 Å². The molecule has 2 atom stereocenters. The molecule has 0 saturated carbocycles. The van der Waals surface area contributed by atoms with Gasteiger partial charge < -0.3 is 5.32 Å². The highest BCUT2D eigenvalue weighted by Crippen LogP contribution is 2.27. The highest BCUT2D eigenvalue weighted by Gasteiger charge is 2.35.